The average molecular weight is 315 g/mol. The van der Waals surface area contributed by atoms with Crippen LogP contribution < -0.4 is 0 Å². The Bertz CT molecular complexity index is 322. The number of halogens is 1. The maximum Gasteiger partial charge on any atom is 0.411 e. The maximum atomic E-state index is 13.3. The summed E-state index contributed by atoms with van der Waals surface area (Å²) < 4.78 is 22.9. The van der Waals surface area contributed by atoms with Gasteiger partial charge in [-0.05, 0) is 20.8 Å². The van der Waals surface area contributed by atoms with E-state index in [9.17, 15) is 14.0 Å². The van der Waals surface area contributed by atoms with Gasteiger partial charge in [-0.2, -0.15) is 27.0 Å². The van der Waals surface area contributed by atoms with Crippen LogP contribution in [0.5, 0.6) is 0 Å². The second-order valence-electron chi connectivity index (χ2n) is 5.00. The van der Waals surface area contributed by atoms with Gasteiger partial charge in [-0.25, -0.2) is 14.0 Å². The lowest BCUT2D eigenvalue weighted by Gasteiger charge is -2.27. The molecule has 0 aromatic rings. The molecule has 114 valence electrons. The number of hydrogen-bond acceptors (Lipinski definition) is 4. The van der Waals surface area contributed by atoms with Crippen LogP contribution in [0.25, 0.3) is 0 Å². The van der Waals surface area contributed by atoms with Crippen LogP contribution >= 0.6 is 27.0 Å². The van der Waals surface area contributed by atoms with E-state index in [1.807, 2.05) is 0 Å². The lowest BCUT2D eigenvalue weighted by atomic mass is 10.2. The lowest BCUT2D eigenvalue weighted by molar-refractivity contribution is -0.145. The van der Waals surface area contributed by atoms with Gasteiger partial charge < -0.3 is 9.47 Å². The van der Waals surface area contributed by atoms with Crippen LogP contribution in [0.2, 0.25) is 0 Å². The van der Waals surface area contributed by atoms with Crippen molar-refractivity contribution < 1.29 is 23.5 Å². The van der Waals surface area contributed by atoms with E-state index >= 15 is 0 Å². The fourth-order valence-corrected chi connectivity index (χ4v) is 1.67. The number of amides is 1. The number of carbonyl (C=O) groups is 2. The highest BCUT2D eigenvalue weighted by molar-refractivity contribution is 7.59. The number of likely N-dealkylation sites (tertiary alicyclic amines) is 1. The third-order valence-electron chi connectivity index (χ3n) is 2.35. The maximum absolute atomic E-state index is 13.3. The Hall–Kier alpha value is -0.630. The molecule has 0 N–H and O–H groups in total. The summed E-state index contributed by atoms with van der Waals surface area (Å²) in [6, 6.07) is -0.884. The first-order chi connectivity index (χ1) is 7.74. The Labute approximate surface area is 126 Å². The molecule has 0 spiro atoms. The predicted molar refractivity (Wildman–Crippen MR) is 79.0 cm³/mol. The molecule has 0 radical (unpaired) electrons. The monoisotopic (exact) mass is 315 g/mol. The van der Waals surface area contributed by atoms with Crippen molar-refractivity contribution in [3.63, 3.8) is 0 Å². The number of ether oxygens (including phenoxy) is 2. The first kappa shape index (κ1) is 20.7. The molecule has 0 aromatic heterocycles. The predicted octanol–water partition coefficient (Wildman–Crippen LogP) is 1.73. The summed E-state index contributed by atoms with van der Waals surface area (Å²) in [4.78, 5) is 24.3. The van der Waals surface area contributed by atoms with Crippen molar-refractivity contribution in [1.82, 2.24) is 4.90 Å². The Morgan fingerprint density at radius 3 is 2.21 bits per heavy atom. The normalized spacial score (nSPS) is 22.1. The third kappa shape index (κ3) is 5.90. The second kappa shape index (κ2) is 7.84. The Kier molecular flexibility index (Phi) is 8.53. The molecule has 1 aliphatic rings. The summed E-state index contributed by atoms with van der Waals surface area (Å²) in [7, 11) is 1.21. The topological polar surface area (TPSA) is 55.8 Å². The van der Waals surface area contributed by atoms with Crippen molar-refractivity contribution >= 4 is 39.1 Å². The minimum absolute atomic E-state index is 0. The average Bonchev–Trinajstić information content (AvgIpc) is 2.56. The molecule has 19 heavy (non-hydrogen) atoms. The Morgan fingerprint density at radius 1 is 1.26 bits per heavy atom. The largest absolute Gasteiger partial charge is 0.467 e. The number of rotatable bonds is 1. The van der Waals surface area contributed by atoms with E-state index in [4.69, 9.17) is 4.74 Å². The van der Waals surface area contributed by atoms with Gasteiger partial charge in [0.1, 0.15) is 17.8 Å². The highest BCUT2D eigenvalue weighted by Crippen LogP contribution is 2.23. The Morgan fingerprint density at radius 2 is 1.79 bits per heavy atom. The van der Waals surface area contributed by atoms with Crippen LogP contribution in [0, 0.1) is 0 Å². The summed E-state index contributed by atoms with van der Waals surface area (Å²) in [5.74, 6) is -0.615. The van der Waals surface area contributed by atoms with E-state index in [1.54, 1.807) is 20.8 Å². The lowest BCUT2D eigenvalue weighted by Crippen LogP contribution is -2.43. The molecule has 0 aromatic carbocycles. The van der Waals surface area contributed by atoms with E-state index in [1.165, 1.54) is 7.11 Å². The number of esters is 1. The first-order valence-electron chi connectivity index (χ1n) is 5.46. The molecule has 8 heteroatoms. The summed E-state index contributed by atoms with van der Waals surface area (Å²) in [6.45, 7) is 5.00. The van der Waals surface area contributed by atoms with Crippen molar-refractivity contribution in [2.24, 2.45) is 0 Å². The van der Waals surface area contributed by atoms with Gasteiger partial charge in [0.05, 0.1) is 13.7 Å². The zero-order valence-electron chi connectivity index (χ0n) is 11.5. The van der Waals surface area contributed by atoms with Crippen molar-refractivity contribution in [2.75, 3.05) is 13.7 Å². The Balaban J connectivity index is 0. The van der Waals surface area contributed by atoms with Crippen molar-refractivity contribution in [3.05, 3.63) is 0 Å². The molecule has 1 aliphatic heterocycles. The minimum atomic E-state index is -1.22. The van der Waals surface area contributed by atoms with Crippen LogP contribution in [-0.2, 0) is 14.3 Å². The minimum Gasteiger partial charge on any atom is -0.467 e. The molecule has 1 rings (SSSR count). The van der Waals surface area contributed by atoms with Crippen LogP contribution in [0.15, 0.2) is 0 Å². The van der Waals surface area contributed by atoms with E-state index in [0.717, 1.165) is 4.90 Å². The molecular formula is C11H22FNO4S2. The molecule has 0 unspecified atom stereocenters. The highest BCUT2D eigenvalue weighted by atomic mass is 32.1. The van der Waals surface area contributed by atoms with Crippen LogP contribution in [0.4, 0.5) is 9.18 Å². The fraction of sp³-hybridized carbons (Fsp3) is 0.818. The molecule has 0 bridgehead atoms. The number of hydrogen-bond donors (Lipinski definition) is 0. The quantitative estimate of drug-likeness (QED) is 0.692. The molecule has 1 heterocycles. The number of methoxy groups -OCH3 is 1. The highest BCUT2D eigenvalue weighted by Gasteiger charge is 2.42. The summed E-state index contributed by atoms with van der Waals surface area (Å²) >= 11 is 0. The zero-order valence-corrected chi connectivity index (χ0v) is 13.5. The molecule has 5 nitrogen and oxygen atoms in total. The van der Waals surface area contributed by atoms with Gasteiger partial charge >= 0.3 is 12.1 Å². The number of nitrogens with zero attached hydrogens (tertiary/aromatic N) is 1. The van der Waals surface area contributed by atoms with Crippen LogP contribution in [-0.4, -0.2) is 48.4 Å². The summed E-state index contributed by atoms with van der Waals surface area (Å²) in [5.41, 5.74) is -0.674. The van der Waals surface area contributed by atoms with E-state index in [-0.39, 0.29) is 40.0 Å². The molecule has 1 saturated heterocycles. The van der Waals surface area contributed by atoms with Gasteiger partial charge in [0.15, 0.2) is 0 Å². The summed E-state index contributed by atoms with van der Waals surface area (Å²) in [6.07, 6.45) is -1.94. The van der Waals surface area contributed by atoms with Crippen molar-refractivity contribution in [2.45, 2.75) is 45.0 Å². The number of carbonyl (C=O) groups excluding carboxylic acids is 2. The van der Waals surface area contributed by atoms with E-state index in [0.29, 0.717) is 0 Å². The SMILES string of the molecule is COC(=O)[C@@H]1C[C@H](F)CN1C(=O)OC(C)(C)C.S.S. The zero-order chi connectivity index (χ0) is 13.2. The standard InChI is InChI=1S/C11H18FNO4.2H2S/c1-11(2,3)17-10(15)13-6-7(12)5-8(13)9(14)16-4;;/h7-8H,5-6H2,1-4H3;2*1H2/t7-,8-;;/m0../s1. The van der Waals surface area contributed by atoms with Crippen molar-refractivity contribution in [1.29, 1.82) is 0 Å². The molecule has 2 atom stereocenters. The van der Waals surface area contributed by atoms with Crippen LogP contribution in [0.1, 0.15) is 27.2 Å². The van der Waals surface area contributed by atoms with E-state index in [2.05, 4.69) is 4.74 Å². The molecular weight excluding hydrogens is 293 g/mol. The summed E-state index contributed by atoms with van der Waals surface area (Å²) in [5, 5.41) is 0. The molecule has 0 aliphatic carbocycles. The third-order valence-corrected chi connectivity index (χ3v) is 2.35. The molecule has 0 saturated carbocycles. The number of alkyl halides is 1. The van der Waals surface area contributed by atoms with Gasteiger partial charge in [-0.1, -0.05) is 0 Å². The smallest absolute Gasteiger partial charge is 0.411 e. The first-order valence-corrected chi connectivity index (χ1v) is 5.46. The van der Waals surface area contributed by atoms with Gasteiger partial charge in [0, 0.05) is 6.42 Å². The molecule has 1 amide bonds. The van der Waals surface area contributed by atoms with Crippen molar-refractivity contribution in [3.8, 4) is 0 Å². The molecule has 1 fully saturated rings. The van der Waals surface area contributed by atoms with Crippen LogP contribution in [0.3, 0.4) is 0 Å². The van der Waals surface area contributed by atoms with Gasteiger partial charge in [0.25, 0.3) is 0 Å². The van der Waals surface area contributed by atoms with Gasteiger partial charge in [-0.3, -0.25) is 4.90 Å². The fourth-order valence-electron chi connectivity index (χ4n) is 1.67. The second-order valence-corrected chi connectivity index (χ2v) is 5.00. The van der Waals surface area contributed by atoms with Gasteiger partial charge in [-0.15, -0.1) is 0 Å². The van der Waals surface area contributed by atoms with Gasteiger partial charge in [0.2, 0.25) is 0 Å². The van der Waals surface area contributed by atoms with E-state index < -0.39 is 29.9 Å².